The molecular weight excluding hydrogens is 448 g/mol. The molecule has 1 rings (SSSR count). The van der Waals surface area contributed by atoms with E-state index in [9.17, 15) is 30.0 Å². The predicted octanol–water partition coefficient (Wildman–Crippen LogP) is 4.03. The highest BCUT2D eigenvalue weighted by atomic mass is 16.4. The fraction of sp³-hybridized carbons (Fsp3) is 0.741. The van der Waals surface area contributed by atoms with Crippen molar-refractivity contribution >= 4 is 11.6 Å². The van der Waals surface area contributed by atoms with E-state index in [1.165, 1.54) is 57.3 Å². The summed E-state index contributed by atoms with van der Waals surface area (Å²) in [5, 5.41) is 40.0. The lowest BCUT2D eigenvalue weighted by molar-refractivity contribution is -0.142. The molecule has 0 aliphatic heterocycles. The first-order chi connectivity index (χ1) is 16.9. The summed E-state index contributed by atoms with van der Waals surface area (Å²) in [5.41, 5.74) is 0. The molecule has 200 valence electrons. The van der Waals surface area contributed by atoms with E-state index in [1.807, 2.05) is 0 Å². The Morgan fingerprint density at radius 1 is 0.800 bits per heavy atom. The third-order valence-corrected chi connectivity index (χ3v) is 6.26. The van der Waals surface area contributed by atoms with Gasteiger partial charge in [0.1, 0.15) is 24.4 Å². The summed E-state index contributed by atoms with van der Waals surface area (Å²) in [6, 6.07) is 0. The van der Waals surface area contributed by atoms with Crippen LogP contribution in [0.2, 0.25) is 0 Å². The van der Waals surface area contributed by atoms with E-state index < -0.39 is 36.0 Å². The summed E-state index contributed by atoms with van der Waals surface area (Å²) < 4.78 is 0. The zero-order valence-electron chi connectivity index (χ0n) is 21.3. The molecule has 1 heterocycles. The van der Waals surface area contributed by atoms with E-state index in [1.54, 1.807) is 0 Å². The SMILES string of the molecule is CCCCCCCC/C=C\CCCCCCCCC(=O)C(O)C(O)C(O)C(O)C(=O)c1ncc[nH]1. The third kappa shape index (κ3) is 13.1. The van der Waals surface area contributed by atoms with Crippen molar-refractivity contribution in [2.45, 2.75) is 128 Å². The number of aliphatic hydroxyl groups is 4. The smallest absolute Gasteiger partial charge is 0.229 e. The lowest BCUT2D eigenvalue weighted by Gasteiger charge is -2.24. The quantitative estimate of drug-likeness (QED) is 0.0930. The van der Waals surface area contributed by atoms with Gasteiger partial charge >= 0.3 is 0 Å². The first-order valence-electron chi connectivity index (χ1n) is 13.3. The number of carbonyl (C=O) groups excluding carboxylic acids is 2. The highest BCUT2D eigenvalue weighted by Crippen LogP contribution is 2.14. The molecule has 0 bridgehead atoms. The minimum absolute atomic E-state index is 0.0638. The number of nitrogens with zero attached hydrogens (tertiary/aromatic N) is 1. The molecule has 4 unspecified atom stereocenters. The first kappa shape index (κ1) is 31.2. The van der Waals surface area contributed by atoms with E-state index in [0.29, 0.717) is 6.42 Å². The van der Waals surface area contributed by atoms with Crippen LogP contribution in [0.1, 0.15) is 114 Å². The van der Waals surface area contributed by atoms with Crippen LogP contribution in [0.3, 0.4) is 0 Å². The number of H-pyrrole nitrogens is 1. The molecule has 0 fully saturated rings. The number of allylic oxidation sites excluding steroid dienone is 2. The van der Waals surface area contributed by atoms with E-state index >= 15 is 0 Å². The molecule has 0 aromatic carbocycles. The number of aromatic nitrogens is 2. The number of unbranched alkanes of at least 4 members (excludes halogenated alkanes) is 12. The number of ketones is 2. The lowest BCUT2D eigenvalue weighted by atomic mass is 9.95. The monoisotopic (exact) mass is 494 g/mol. The fourth-order valence-electron chi connectivity index (χ4n) is 3.95. The molecule has 8 nitrogen and oxygen atoms in total. The predicted molar refractivity (Wildman–Crippen MR) is 136 cm³/mol. The van der Waals surface area contributed by atoms with Crippen LogP contribution in [-0.2, 0) is 4.79 Å². The molecular formula is C27H46N2O6. The number of hydrogen-bond donors (Lipinski definition) is 5. The third-order valence-electron chi connectivity index (χ3n) is 6.26. The molecule has 0 amide bonds. The fourth-order valence-corrected chi connectivity index (χ4v) is 3.95. The number of Topliss-reactive ketones (excluding diaryl/α,β-unsaturated/α-hetero) is 2. The molecule has 8 heteroatoms. The van der Waals surface area contributed by atoms with Crippen LogP contribution < -0.4 is 0 Å². The molecule has 0 aliphatic rings. The van der Waals surface area contributed by atoms with Crippen LogP contribution in [0.4, 0.5) is 0 Å². The summed E-state index contributed by atoms with van der Waals surface area (Å²) in [6.07, 6.45) is 15.5. The van der Waals surface area contributed by atoms with E-state index in [0.717, 1.165) is 38.5 Å². The number of aromatic amines is 1. The van der Waals surface area contributed by atoms with Crippen molar-refractivity contribution in [3.63, 3.8) is 0 Å². The molecule has 0 radical (unpaired) electrons. The average molecular weight is 495 g/mol. The van der Waals surface area contributed by atoms with Crippen molar-refractivity contribution in [3.05, 3.63) is 30.4 Å². The van der Waals surface area contributed by atoms with Gasteiger partial charge in [-0.25, -0.2) is 4.98 Å². The van der Waals surface area contributed by atoms with Crippen LogP contribution >= 0.6 is 0 Å². The summed E-state index contributed by atoms with van der Waals surface area (Å²) in [6.45, 7) is 2.24. The van der Waals surface area contributed by atoms with Crippen molar-refractivity contribution in [1.29, 1.82) is 0 Å². The van der Waals surface area contributed by atoms with Gasteiger partial charge in [0.2, 0.25) is 5.78 Å². The zero-order valence-corrected chi connectivity index (χ0v) is 21.3. The lowest BCUT2D eigenvalue weighted by Crippen LogP contribution is -2.50. The van der Waals surface area contributed by atoms with E-state index in [4.69, 9.17) is 0 Å². The molecule has 1 aromatic rings. The second kappa shape index (κ2) is 19.3. The summed E-state index contributed by atoms with van der Waals surface area (Å²) in [7, 11) is 0. The standard InChI is InChI=1S/C27H46N2O6/c1-2-3-4-5-6-7-8-9-10-11-12-13-14-15-16-17-18-21(30)22(31)23(32)24(33)25(34)26(35)27-28-19-20-29-27/h9-10,19-20,22-25,31-34H,2-8,11-18H2,1H3,(H,28,29)/b10-9-. The van der Waals surface area contributed by atoms with Gasteiger partial charge in [-0.15, -0.1) is 0 Å². The Kier molecular flexibility index (Phi) is 17.2. The maximum absolute atomic E-state index is 12.1. The van der Waals surface area contributed by atoms with Crippen molar-refractivity contribution in [3.8, 4) is 0 Å². The van der Waals surface area contributed by atoms with Gasteiger partial charge in [0, 0.05) is 18.8 Å². The Bertz CT molecular complexity index is 707. The van der Waals surface area contributed by atoms with Crippen molar-refractivity contribution in [1.82, 2.24) is 9.97 Å². The topological polar surface area (TPSA) is 144 Å². The zero-order chi connectivity index (χ0) is 25.9. The van der Waals surface area contributed by atoms with Gasteiger partial charge in [-0.1, -0.05) is 76.9 Å². The Morgan fingerprint density at radius 2 is 1.31 bits per heavy atom. The molecule has 0 saturated carbocycles. The normalized spacial score (nSPS) is 15.2. The molecule has 35 heavy (non-hydrogen) atoms. The van der Waals surface area contributed by atoms with Gasteiger partial charge in [0.05, 0.1) is 0 Å². The number of hydrogen-bond acceptors (Lipinski definition) is 7. The first-order valence-corrected chi connectivity index (χ1v) is 13.3. The minimum atomic E-state index is -2.01. The number of nitrogens with one attached hydrogen (secondary N) is 1. The molecule has 4 atom stereocenters. The Labute approximate surface area is 209 Å². The van der Waals surface area contributed by atoms with Crippen LogP contribution in [0.15, 0.2) is 24.5 Å². The van der Waals surface area contributed by atoms with Gasteiger partial charge in [-0.05, 0) is 32.1 Å². The number of carbonyl (C=O) groups is 2. The summed E-state index contributed by atoms with van der Waals surface area (Å²) >= 11 is 0. The number of rotatable bonds is 22. The van der Waals surface area contributed by atoms with E-state index in [2.05, 4.69) is 29.0 Å². The van der Waals surface area contributed by atoms with Gasteiger partial charge < -0.3 is 25.4 Å². The number of imidazole rings is 1. The van der Waals surface area contributed by atoms with Crippen LogP contribution in [-0.4, -0.2) is 66.4 Å². The van der Waals surface area contributed by atoms with Crippen molar-refractivity contribution in [2.75, 3.05) is 0 Å². The van der Waals surface area contributed by atoms with Gasteiger partial charge in [-0.2, -0.15) is 0 Å². The van der Waals surface area contributed by atoms with Gasteiger partial charge in [0.15, 0.2) is 11.6 Å². The molecule has 0 aliphatic carbocycles. The van der Waals surface area contributed by atoms with Crippen LogP contribution in [0, 0.1) is 0 Å². The largest absolute Gasteiger partial charge is 0.387 e. The summed E-state index contributed by atoms with van der Waals surface area (Å²) in [4.78, 5) is 30.3. The van der Waals surface area contributed by atoms with Crippen LogP contribution in [0.25, 0.3) is 0 Å². The molecule has 5 N–H and O–H groups in total. The average Bonchev–Trinajstić information content (AvgIpc) is 3.41. The molecule has 1 aromatic heterocycles. The second-order valence-electron chi connectivity index (χ2n) is 9.33. The second-order valence-corrected chi connectivity index (χ2v) is 9.33. The Hall–Kier alpha value is -1.87. The van der Waals surface area contributed by atoms with Crippen molar-refractivity contribution in [2.24, 2.45) is 0 Å². The minimum Gasteiger partial charge on any atom is -0.387 e. The van der Waals surface area contributed by atoms with Crippen LogP contribution in [0.5, 0.6) is 0 Å². The van der Waals surface area contributed by atoms with Gasteiger partial charge in [-0.3, -0.25) is 9.59 Å². The Morgan fingerprint density at radius 3 is 1.86 bits per heavy atom. The maximum Gasteiger partial charge on any atom is 0.229 e. The Balaban J connectivity index is 2.07. The van der Waals surface area contributed by atoms with Gasteiger partial charge in [0.25, 0.3) is 0 Å². The molecule has 0 spiro atoms. The molecule has 0 saturated heterocycles. The summed E-state index contributed by atoms with van der Waals surface area (Å²) in [5.74, 6) is -1.74. The maximum atomic E-state index is 12.1. The van der Waals surface area contributed by atoms with Crippen molar-refractivity contribution < 1.29 is 30.0 Å². The highest BCUT2D eigenvalue weighted by molar-refractivity contribution is 5.96. The highest BCUT2D eigenvalue weighted by Gasteiger charge is 2.37. The number of aliphatic hydroxyl groups excluding tert-OH is 4. The van der Waals surface area contributed by atoms with E-state index in [-0.39, 0.29) is 12.2 Å².